The third-order valence-electron chi connectivity index (χ3n) is 3.02. The number of rotatable bonds is 4. The van der Waals surface area contributed by atoms with Gasteiger partial charge in [0.2, 0.25) is 0 Å². The second-order valence-corrected chi connectivity index (χ2v) is 4.81. The van der Waals surface area contributed by atoms with Crippen LogP contribution >= 0.6 is 11.6 Å². The maximum absolute atomic E-state index is 13.5. The predicted octanol–water partition coefficient (Wildman–Crippen LogP) is 2.09. The van der Waals surface area contributed by atoms with E-state index < -0.39 is 17.5 Å². The van der Waals surface area contributed by atoms with Crippen molar-refractivity contribution < 1.29 is 13.6 Å². The van der Waals surface area contributed by atoms with Crippen molar-refractivity contribution in [2.75, 3.05) is 6.54 Å². The molecule has 1 aromatic carbocycles. The fraction of sp³-hybridized carbons (Fsp3) is 0.417. The lowest BCUT2D eigenvalue weighted by molar-refractivity contribution is 0.0929. The number of amides is 1. The van der Waals surface area contributed by atoms with Crippen LogP contribution in [0.5, 0.6) is 0 Å². The minimum atomic E-state index is -0.842. The number of hydrogen-bond donors (Lipinski definition) is 2. The van der Waals surface area contributed by atoms with Gasteiger partial charge in [-0.3, -0.25) is 4.79 Å². The summed E-state index contributed by atoms with van der Waals surface area (Å²) in [7, 11) is 0. The Morgan fingerprint density at radius 1 is 1.44 bits per heavy atom. The van der Waals surface area contributed by atoms with Gasteiger partial charge in [0.15, 0.2) is 0 Å². The Morgan fingerprint density at radius 3 is 2.67 bits per heavy atom. The van der Waals surface area contributed by atoms with Gasteiger partial charge in [-0.25, -0.2) is 8.78 Å². The van der Waals surface area contributed by atoms with Gasteiger partial charge in [0, 0.05) is 12.6 Å². The van der Waals surface area contributed by atoms with Crippen LogP contribution in [-0.4, -0.2) is 18.5 Å². The van der Waals surface area contributed by atoms with E-state index in [0.717, 1.165) is 25.0 Å². The van der Waals surface area contributed by atoms with Gasteiger partial charge in [-0.05, 0) is 30.9 Å². The Morgan fingerprint density at radius 2 is 2.11 bits per heavy atom. The second-order valence-electron chi connectivity index (χ2n) is 4.40. The molecule has 0 aromatic heterocycles. The summed E-state index contributed by atoms with van der Waals surface area (Å²) in [5, 5.41) is 2.27. The van der Waals surface area contributed by atoms with Crippen molar-refractivity contribution in [3.63, 3.8) is 0 Å². The SMILES string of the molecule is NCC(NC(=O)c1cc(F)c(Cl)cc1F)C1CC1. The summed E-state index contributed by atoms with van der Waals surface area (Å²) in [6, 6.07) is 1.41. The van der Waals surface area contributed by atoms with Gasteiger partial charge >= 0.3 is 0 Å². The Balaban J connectivity index is 2.15. The van der Waals surface area contributed by atoms with E-state index in [9.17, 15) is 13.6 Å². The smallest absolute Gasteiger partial charge is 0.254 e. The largest absolute Gasteiger partial charge is 0.348 e. The summed E-state index contributed by atoms with van der Waals surface area (Å²) in [6.45, 7) is 0.286. The zero-order chi connectivity index (χ0) is 13.3. The van der Waals surface area contributed by atoms with Crippen LogP contribution < -0.4 is 11.1 Å². The molecule has 0 radical (unpaired) electrons. The minimum Gasteiger partial charge on any atom is -0.348 e. The van der Waals surface area contributed by atoms with Crippen molar-refractivity contribution in [1.29, 1.82) is 0 Å². The molecule has 0 saturated heterocycles. The first-order valence-corrected chi connectivity index (χ1v) is 6.06. The quantitative estimate of drug-likeness (QED) is 0.826. The Hall–Kier alpha value is -1.20. The van der Waals surface area contributed by atoms with Gasteiger partial charge in [-0.15, -0.1) is 0 Å². The summed E-state index contributed by atoms with van der Waals surface area (Å²) in [5.41, 5.74) is 5.18. The second kappa shape index (κ2) is 5.20. The van der Waals surface area contributed by atoms with Gasteiger partial charge in [0.05, 0.1) is 10.6 Å². The Labute approximate surface area is 108 Å². The van der Waals surface area contributed by atoms with E-state index in [2.05, 4.69) is 5.32 Å². The van der Waals surface area contributed by atoms with Crippen LogP contribution in [0.1, 0.15) is 23.2 Å². The van der Waals surface area contributed by atoms with Gasteiger partial charge in [0.25, 0.3) is 5.91 Å². The van der Waals surface area contributed by atoms with Crippen molar-refractivity contribution in [3.8, 4) is 0 Å². The fourth-order valence-corrected chi connectivity index (χ4v) is 1.96. The fourth-order valence-electron chi connectivity index (χ4n) is 1.81. The lowest BCUT2D eigenvalue weighted by atomic mass is 10.1. The van der Waals surface area contributed by atoms with Crippen LogP contribution in [0.4, 0.5) is 8.78 Å². The summed E-state index contributed by atoms with van der Waals surface area (Å²) in [4.78, 5) is 11.8. The van der Waals surface area contributed by atoms with Crippen LogP contribution in [0.3, 0.4) is 0 Å². The number of carbonyl (C=O) groups is 1. The van der Waals surface area contributed by atoms with E-state index in [0.29, 0.717) is 5.92 Å². The summed E-state index contributed by atoms with van der Waals surface area (Å²) >= 11 is 5.42. The van der Waals surface area contributed by atoms with Gasteiger partial charge in [0.1, 0.15) is 11.6 Å². The molecule has 3 N–H and O–H groups in total. The molecule has 0 aliphatic heterocycles. The molecular formula is C12H13ClF2N2O. The molecular weight excluding hydrogens is 262 g/mol. The number of benzene rings is 1. The molecule has 98 valence electrons. The summed E-state index contributed by atoms with van der Waals surface area (Å²) in [6.07, 6.45) is 2.00. The van der Waals surface area contributed by atoms with Crippen molar-refractivity contribution in [2.45, 2.75) is 18.9 Å². The molecule has 1 aliphatic rings. The van der Waals surface area contributed by atoms with E-state index in [4.69, 9.17) is 17.3 Å². The number of carbonyl (C=O) groups excluding carboxylic acids is 1. The van der Waals surface area contributed by atoms with E-state index in [1.54, 1.807) is 0 Å². The molecule has 0 bridgehead atoms. The molecule has 3 nitrogen and oxygen atoms in total. The van der Waals surface area contributed by atoms with Gasteiger partial charge in [-0.1, -0.05) is 11.6 Å². The molecule has 18 heavy (non-hydrogen) atoms. The Bertz CT molecular complexity index is 477. The summed E-state index contributed by atoms with van der Waals surface area (Å²) in [5.74, 6) is -1.98. The van der Waals surface area contributed by atoms with Crippen LogP contribution in [0.25, 0.3) is 0 Å². The maximum atomic E-state index is 13.5. The maximum Gasteiger partial charge on any atom is 0.254 e. The molecule has 0 heterocycles. The average molecular weight is 275 g/mol. The first-order chi connectivity index (χ1) is 8.52. The summed E-state index contributed by atoms with van der Waals surface area (Å²) < 4.78 is 26.7. The number of nitrogens with two attached hydrogens (primary N) is 1. The highest BCUT2D eigenvalue weighted by atomic mass is 35.5. The van der Waals surface area contributed by atoms with Crippen LogP contribution in [0.2, 0.25) is 5.02 Å². The highest BCUT2D eigenvalue weighted by Crippen LogP contribution is 2.32. The molecule has 1 aliphatic carbocycles. The van der Waals surface area contributed by atoms with Crippen molar-refractivity contribution in [2.24, 2.45) is 11.7 Å². The molecule has 1 fully saturated rings. The van der Waals surface area contributed by atoms with E-state index in [1.165, 1.54) is 0 Å². The highest BCUT2D eigenvalue weighted by molar-refractivity contribution is 6.30. The first kappa shape index (κ1) is 13.2. The topological polar surface area (TPSA) is 55.1 Å². The van der Waals surface area contributed by atoms with Gasteiger partial charge < -0.3 is 11.1 Å². The van der Waals surface area contributed by atoms with E-state index >= 15 is 0 Å². The molecule has 1 amide bonds. The lowest BCUT2D eigenvalue weighted by Gasteiger charge is -2.16. The lowest BCUT2D eigenvalue weighted by Crippen LogP contribution is -2.42. The van der Waals surface area contributed by atoms with Crippen LogP contribution in [0.15, 0.2) is 12.1 Å². The molecule has 1 saturated carbocycles. The zero-order valence-electron chi connectivity index (χ0n) is 9.55. The zero-order valence-corrected chi connectivity index (χ0v) is 10.3. The molecule has 0 spiro atoms. The molecule has 1 unspecified atom stereocenters. The minimum absolute atomic E-state index is 0.185. The number of nitrogens with one attached hydrogen (secondary N) is 1. The molecule has 1 aromatic rings. The number of halogens is 3. The molecule has 6 heteroatoms. The highest BCUT2D eigenvalue weighted by Gasteiger charge is 2.32. The Kier molecular flexibility index (Phi) is 3.82. The number of hydrogen-bond acceptors (Lipinski definition) is 2. The molecule has 2 rings (SSSR count). The van der Waals surface area contributed by atoms with Gasteiger partial charge in [-0.2, -0.15) is 0 Å². The van der Waals surface area contributed by atoms with E-state index in [-0.39, 0.29) is 23.2 Å². The van der Waals surface area contributed by atoms with E-state index in [1.807, 2.05) is 0 Å². The third-order valence-corrected chi connectivity index (χ3v) is 3.31. The normalized spacial score (nSPS) is 16.4. The molecule has 1 atom stereocenters. The van der Waals surface area contributed by atoms with Crippen molar-refractivity contribution in [3.05, 3.63) is 34.4 Å². The predicted molar refractivity (Wildman–Crippen MR) is 64.4 cm³/mol. The monoisotopic (exact) mass is 274 g/mol. The standard InChI is InChI=1S/C12H13ClF2N2O/c13-8-4-9(14)7(3-10(8)15)12(18)17-11(5-16)6-1-2-6/h3-4,6,11H,1-2,5,16H2,(H,17,18). The average Bonchev–Trinajstić information content (AvgIpc) is 3.14. The van der Waals surface area contributed by atoms with Crippen molar-refractivity contribution in [1.82, 2.24) is 5.32 Å². The van der Waals surface area contributed by atoms with Crippen LogP contribution in [0, 0.1) is 17.6 Å². The third kappa shape index (κ3) is 2.79. The first-order valence-electron chi connectivity index (χ1n) is 5.68. The van der Waals surface area contributed by atoms with Crippen LogP contribution in [-0.2, 0) is 0 Å². The van der Waals surface area contributed by atoms with Crippen molar-refractivity contribution >= 4 is 17.5 Å².